The Morgan fingerprint density at radius 1 is 1.43 bits per heavy atom. The van der Waals surface area contributed by atoms with Gasteiger partial charge in [0.05, 0.1) is 14.5 Å². The molecule has 0 atom stereocenters. The Bertz CT molecular complexity index is 923. The normalized spacial score (nSPS) is 14.4. The minimum Gasteiger partial charge on any atom is -0.285 e. The van der Waals surface area contributed by atoms with E-state index in [0.717, 1.165) is 20.9 Å². The Hall–Kier alpha value is -1.64. The molecular formula is C14H11BrClN5OS. The number of aromatic nitrogens is 3. The summed E-state index contributed by atoms with van der Waals surface area (Å²) in [5, 5.41) is 7.85. The number of amides is 1. The van der Waals surface area contributed by atoms with Gasteiger partial charge >= 0.3 is 0 Å². The van der Waals surface area contributed by atoms with E-state index in [1.807, 2.05) is 18.1 Å². The van der Waals surface area contributed by atoms with Gasteiger partial charge in [0.1, 0.15) is 0 Å². The topological polar surface area (TPSA) is 53.7 Å². The highest BCUT2D eigenvalue weighted by Gasteiger charge is 2.29. The second-order valence-electron chi connectivity index (χ2n) is 5.17. The molecule has 0 aliphatic carbocycles. The standard InChI is InChI=1S/C14H11BrClN5OS/c1-19-10-5-12(16)23-11(10)2-3-21(19)14(22)9-4-13-17-6-8(15)7-20(13)18-9/h4-7H,2-3H2,1H3. The van der Waals surface area contributed by atoms with Gasteiger partial charge in [-0.15, -0.1) is 11.3 Å². The van der Waals surface area contributed by atoms with Crippen molar-refractivity contribution in [2.75, 3.05) is 18.6 Å². The summed E-state index contributed by atoms with van der Waals surface area (Å²) in [5.74, 6) is -0.151. The van der Waals surface area contributed by atoms with Crippen LogP contribution in [0.25, 0.3) is 5.65 Å². The molecule has 1 aliphatic heterocycles. The molecule has 0 fully saturated rings. The van der Waals surface area contributed by atoms with Gasteiger partial charge in [0.2, 0.25) is 0 Å². The smallest absolute Gasteiger partial charge is 0.285 e. The molecule has 0 radical (unpaired) electrons. The largest absolute Gasteiger partial charge is 0.292 e. The van der Waals surface area contributed by atoms with Gasteiger partial charge in [0.25, 0.3) is 5.91 Å². The number of thiophene rings is 1. The van der Waals surface area contributed by atoms with Crippen molar-refractivity contribution in [1.29, 1.82) is 0 Å². The number of rotatable bonds is 1. The van der Waals surface area contributed by atoms with Gasteiger partial charge in [-0.1, -0.05) is 11.6 Å². The van der Waals surface area contributed by atoms with Crippen molar-refractivity contribution in [3.8, 4) is 0 Å². The number of carbonyl (C=O) groups is 1. The summed E-state index contributed by atoms with van der Waals surface area (Å²) in [5.41, 5.74) is 1.98. The van der Waals surface area contributed by atoms with Crippen LogP contribution in [0.5, 0.6) is 0 Å². The highest BCUT2D eigenvalue weighted by Crippen LogP contribution is 2.37. The summed E-state index contributed by atoms with van der Waals surface area (Å²) in [4.78, 5) is 18.3. The first-order valence-corrected chi connectivity index (χ1v) is 8.86. The Morgan fingerprint density at radius 2 is 2.26 bits per heavy atom. The van der Waals surface area contributed by atoms with Crippen LogP contribution in [-0.2, 0) is 6.42 Å². The molecule has 3 aromatic rings. The number of hydrogen-bond acceptors (Lipinski definition) is 5. The van der Waals surface area contributed by atoms with E-state index in [1.165, 1.54) is 4.88 Å². The first-order valence-electron chi connectivity index (χ1n) is 6.87. The molecule has 0 N–H and O–H groups in total. The molecule has 3 aromatic heterocycles. The fraction of sp³-hybridized carbons (Fsp3) is 0.214. The number of hydrogen-bond donors (Lipinski definition) is 0. The third-order valence-electron chi connectivity index (χ3n) is 3.75. The van der Waals surface area contributed by atoms with Crippen molar-refractivity contribution in [1.82, 2.24) is 19.6 Å². The lowest BCUT2D eigenvalue weighted by Crippen LogP contribution is -2.48. The number of fused-ring (bicyclic) bond motifs is 2. The predicted molar refractivity (Wildman–Crippen MR) is 93.2 cm³/mol. The fourth-order valence-corrected chi connectivity index (χ4v) is 4.23. The van der Waals surface area contributed by atoms with Crippen molar-refractivity contribution in [3.05, 3.63) is 43.9 Å². The molecule has 0 unspecified atom stereocenters. The maximum atomic E-state index is 12.8. The molecule has 9 heteroatoms. The highest BCUT2D eigenvalue weighted by molar-refractivity contribution is 9.10. The molecule has 6 nitrogen and oxygen atoms in total. The van der Waals surface area contributed by atoms with Crippen LogP contribution >= 0.6 is 38.9 Å². The van der Waals surface area contributed by atoms with Crippen LogP contribution in [0, 0.1) is 0 Å². The van der Waals surface area contributed by atoms with E-state index < -0.39 is 0 Å². The average Bonchev–Trinajstić information content (AvgIpc) is 3.09. The average molecular weight is 413 g/mol. The zero-order valence-corrected chi connectivity index (χ0v) is 15.2. The van der Waals surface area contributed by atoms with E-state index in [2.05, 4.69) is 26.0 Å². The third kappa shape index (κ3) is 2.50. The lowest BCUT2D eigenvalue weighted by atomic mass is 10.2. The van der Waals surface area contributed by atoms with Crippen molar-refractivity contribution in [2.24, 2.45) is 0 Å². The van der Waals surface area contributed by atoms with Crippen LogP contribution in [0.1, 0.15) is 15.4 Å². The molecule has 0 aromatic carbocycles. The van der Waals surface area contributed by atoms with Crippen LogP contribution < -0.4 is 5.01 Å². The van der Waals surface area contributed by atoms with E-state index in [0.29, 0.717) is 17.9 Å². The molecule has 0 saturated carbocycles. The minimum atomic E-state index is -0.151. The highest BCUT2D eigenvalue weighted by atomic mass is 79.9. The Balaban J connectivity index is 1.68. The van der Waals surface area contributed by atoms with Crippen LogP contribution in [0.15, 0.2) is 29.0 Å². The molecule has 0 bridgehead atoms. The zero-order valence-electron chi connectivity index (χ0n) is 12.0. The van der Waals surface area contributed by atoms with Crippen molar-refractivity contribution in [3.63, 3.8) is 0 Å². The number of carbonyl (C=O) groups excluding carboxylic acids is 1. The number of nitrogens with zero attached hydrogens (tertiary/aromatic N) is 5. The van der Waals surface area contributed by atoms with Crippen molar-refractivity contribution >= 4 is 56.1 Å². The zero-order chi connectivity index (χ0) is 16.1. The minimum absolute atomic E-state index is 0.151. The maximum absolute atomic E-state index is 12.8. The van der Waals surface area contributed by atoms with Gasteiger partial charge in [-0.05, 0) is 22.0 Å². The van der Waals surface area contributed by atoms with E-state index in [1.54, 1.807) is 39.3 Å². The van der Waals surface area contributed by atoms with E-state index in [4.69, 9.17) is 11.6 Å². The Labute approximate surface area is 149 Å². The Morgan fingerprint density at radius 3 is 3.09 bits per heavy atom. The summed E-state index contributed by atoms with van der Waals surface area (Å²) >= 11 is 11.0. The monoisotopic (exact) mass is 411 g/mol. The van der Waals surface area contributed by atoms with Crippen molar-refractivity contribution < 1.29 is 4.79 Å². The van der Waals surface area contributed by atoms with Crippen LogP contribution in [0.3, 0.4) is 0 Å². The summed E-state index contributed by atoms with van der Waals surface area (Å²) in [6.07, 6.45) is 4.24. The number of anilines is 1. The first-order chi connectivity index (χ1) is 11.0. The number of hydrazine groups is 1. The lowest BCUT2D eigenvalue weighted by molar-refractivity contribution is 0.0733. The SMILES string of the molecule is CN1c2cc(Cl)sc2CCN1C(=O)c1cc2ncc(Br)cn2n1. The fourth-order valence-electron chi connectivity index (χ4n) is 2.66. The van der Waals surface area contributed by atoms with E-state index >= 15 is 0 Å². The molecule has 0 spiro atoms. The second kappa shape index (κ2) is 5.47. The summed E-state index contributed by atoms with van der Waals surface area (Å²) in [6.45, 7) is 0.601. The van der Waals surface area contributed by atoms with Crippen LogP contribution in [0.2, 0.25) is 4.34 Å². The maximum Gasteiger partial charge on any atom is 0.292 e. The molecule has 4 heterocycles. The molecule has 0 saturated heterocycles. The lowest BCUT2D eigenvalue weighted by Gasteiger charge is -2.36. The Kier molecular flexibility index (Phi) is 3.55. The predicted octanol–water partition coefficient (Wildman–Crippen LogP) is 3.26. The van der Waals surface area contributed by atoms with E-state index in [9.17, 15) is 4.79 Å². The first kappa shape index (κ1) is 14.9. The molecular weight excluding hydrogens is 402 g/mol. The van der Waals surface area contributed by atoms with Crippen LogP contribution in [-0.4, -0.2) is 39.1 Å². The molecule has 118 valence electrons. The van der Waals surface area contributed by atoms with Gasteiger partial charge in [0.15, 0.2) is 11.3 Å². The molecule has 1 amide bonds. The quantitative estimate of drug-likeness (QED) is 0.616. The van der Waals surface area contributed by atoms with Crippen molar-refractivity contribution in [2.45, 2.75) is 6.42 Å². The van der Waals surface area contributed by atoms with Gasteiger partial charge in [-0.25, -0.2) is 14.5 Å². The summed E-state index contributed by atoms with van der Waals surface area (Å²) in [6, 6.07) is 3.59. The third-order valence-corrected chi connectivity index (χ3v) is 5.48. The van der Waals surface area contributed by atoms with E-state index in [-0.39, 0.29) is 5.91 Å². The molecule has 23 heavy (non-hydrogen) atoms. The van der Waals surface area contributed by atoms with Crippen LogP contribution in [0.4, 0.5) is 5.69 Å². The van der Waals surface area contributed by atoms with Gasteiger partial charge in [0, 0.05) is 43.4 Å². The molecule has 4 rings (SSSR count). The number of halogens is 2. The summed E-state index contributed by atoms with van der Waals surface area (Å²) in [7, 11) is 1.86. The molecule has 1 aliphatic rings. The van der Waals surface area contributed by atoms with Gasteiger partial charge in [-0.2, -0.15) is 5.10 Å². The van der Waals surface area contributed by atoms with Gasteiger partial charge < -0.3 is 0 Å². The van der Waals surface area contributed by atoms with Gasteiger partial charge in [-0.3, -0.25) is 9.80 Å². The second-order valence-corrected chi connectivity index (χ2v) is 7.85. The summed E-state index contributed by atoms with van der Waals surface area (Å²) < 4.78 is 3.13.